The number of aryl methyl sites for hydroxylation is 2. The van der Waals surface area contributed by atoms with E-state index in [0.29, 0.717) is 11.8 Å². The number of aromatic amines is 1. The molecule has 1 atom stereocenters. The number of aromatic nitrogens is 2. The van der Waals surface area contributed by atoms with E-state index in [1.54, 1.807) is 6.07 Å². The Hall–Kier alpha value is -3.27. The van der Waals surface area contributed by atoms with Crippen LogP contribution in [-0.2, 0) is 24.2 Å². The van der Waals surface area contributed by atoms with Gasteiger partial charge in [0.2, 0.25) is 0 Å². The SMILES string of the molecule is Cc1ccc(-c2[nH]ncc2CNC2CCc3cc(O)ccc3C2)o1.O=C(O)C(F)(F)F. The molecule has 7 nitrogen and oxygen atoms in total. The number of nitrogens with zero attached hydrogens (tertiary/aromatic N) is 1. The second kappa shape index (κ2) is 9.25. The van der Waals surface area contributed by atoms with Crippen LogP contribution >= 0.6 is 0 Å². The van der Waals surface area contributed by atoms with Gasteiger partial charge in [0.1, 0.15) is 17.2 Å². The number of phenolic OH excluding ortho intramolecular Hbond substituents is 1. The van der Waals surface area contributed by atoms with Crippen LogP contribution in [0.2, 0.25) is 0 Å². The van der Waals surface area contributed by atoms with E-state index in [1.807, 2.05) is 37.4 Å². The molecular formula is C21H22F3N3O4. The van der Waals surface area contributed by atoms with Gasteiger partial charge in [-0.2, -0.15) is 18.3 Å². The highest BCUT2D eigenvalue weighted by molar-refractivity contribution is 5.73. The molecule has 10 heteroatoms. The molecule has 0 saturated carbocycles. The number of carboxylic acid groups (broad SMARTS) is 1. The number of nitrogens with one attached hydrogen (secondary N) is 2. The van der Waals surface area contributed by atoms with Crippen LogP contribution in [0.15, 0.2) is 40.9 Å². The fourth-order valence-electron chi connectivity index (χ4n) is 3.40. The number of H-pyrrole nitrogens is 1. The normalized spacial score (nSPS) is 15.7. The summed E-state index contributed by atoms with van der Waals surface area (Å²) >= 11 is 0. The maximum Gasteiger partial charge on any atom is 0.490 e. The number of fused-ring (bicyclic) bond motifs is 1. The van der Waals surface area contributed by atoms with Gasteiger partial charge in [-0.3, -0.25) is 5.10 Å². The van der Waals surface area contributed by atoms with Crippen LogP contribution in [0.1, 0.15) is 28.9 Å². The summed E-state index contributed by atoms with van der Waals surface area (Å²) in [7, 11) is 0. The largest absolute Gasteiger partial charge is 0.508 e. The maximum absolute atomic E-state index is 10.6. The number of hydrogen-bond donors (Lipinski definition) is 4. The number of carbonyl (C=O) groups is 1. The average molecular weight is 437 g/mol. The zero-order chi connectivity index (χ0) is 22.6. The van der Waals surface area contributed by atoms with E-state index in [0.717, 1.165) is 48.6 Å². The highest BCUT2D eigenvalue weighted by Gasteiger charge is 2.38. The number of rotatable bonds is 4. The first-order chi connectivity index (χ1) is 14.6. The van der Waals surface area contributed by atoms with E-state index in [4.69, 9.17) is 14.3 Å². The van der Waals surface area contributed by atoms with Gasteiger partial charge in [0.25, 0.3) is 0 Å². The summed E-state index contributed by atoms with van der Waals surface area (Å²) in [5.41, 5.74) is 4.64. The molecule has 4 N–H and O–H groups in total. The van der Waals surface area contributed by atoms with Gasteiger partial charge in [-0.25, -0.2) is 4.79 Å². The Balaban J connectivity index is 0.000000339. The molecule has 2 heterocycles. The molecule has 0 aliphatic heterocycles. The molecular weight excluding hydrogens is 415 g/mol. The first kappa shape index (κ1) is 22.4. The minimum absolute atomic E-state index is 0.358. The molecule has 1 aliphatic carbocycles. The molecule has 4 rings (SSSR count). The number of furan rings is 1. The maximum atomic E-state index is 10.6. The lowest BCUT2D eigenvalue weighted by Gasteiger charge is -2.25. The Morgan fingerprint density at radius 3 is 2.68 bits per heavy atom. The molecule has 0 spiro atoms. The number of benzene rings is 1. The predicted octanol–water partition coefficient (Wildman–Crippen LogP) is 3.96. The first-order valence-corrected chi connectivity index (χ1v) is 9.57. The van der Waals surface area contributed by atoms with E-state index in [1.165, 1.54) is 11.1 Å². The van der Waals surface area contributed by atoms with Crippen molar-refractivity contribution >= 4 is 5.97 Å². The van der Waals surface area contributed by atoms with Crippen LogP contribution in [0.25, 0.3) is 11.5 Å². The molecule has 0 bridgehead atoms. The summed E-state index contributed by atoms with van der Waals surface area (Å²) < 4.78 is 37.4. The van der Waals surface area contributed by atoms with Gasteiger partial charge in [-0.05, 0) is 61.6 Å². The first-order valence-electron chi connectivity index (χ1n) is 9.57. The van der Waals surface area contributed by atoms with Crippen LogP contribution in [0.5, 0.6) is 5.75 Å². The topological polar surface area (TPSA) is 111 Å². The number of aromatic hydroxyl groups is 1. The van der Waals surface area contributed by atoms with Crippen molar-refractivity contribution in [3.8, 4) is 17.2 Å². The van der Waals surface area contributed by atoms with Gasteiger partial charge in [0.15, 0.2) is 5.76 Å². The number of hydrogen-bond acceptors (Lipinski definition) is 5. The Labute approximate surface area is 175 Å². The third-order valence-corrected chi connectivity index (χ3v) is 4.95. The van der Waals surface area contributed by atoms with Crippen LogP contribution in [-0.4, -0.2) is 38.6 Å². The minimum Gasteiger partial charge on any atom is -0.508 e. The summed E-state index contributed by atoms with van der Waals surface area (Å²) in [4.78, 5) is 8.90. The summed E-state index contributed by atoms with van der Waals surface area (Å²) in [5.74, 6) is -0.679. The Morgan fingerprint density at radius 1 is 1.29 bits per heavy atom. The Kier molecular flexibility index (Phi) is 6.69. The zero-order valence-electron chi connectivity index (χ0n) is 16.7. The molecule has 0 saturated heterocycles. The van der Waals surface area contributed by atoms with Crippen LogP contribution < -0.4 is 5.32 Å². The second-order valence-corrected chi connectivity index (χ2v) is 7.26. The molecule has 2 aromatic heterocycles. The monoisotopic (exact) mass is 437 g/mol. The number of carboxylic acids is 1. The molecule has 1 aliphatic rings. The van der Waals surface area contributed by atoms with Gasteiger partial charge in [0.05, 0.1) is 6.20 Å². The van der Waals surface area contributed by atoms with E-state index < -0.39 is 12.1 Å². The summed E-state index contributed by atoms with van der Waals surface area (Å²) in [5, 5.41) is 27.5. The highest BCUT2D eigenvalue weighted by Crippen LogP contribution is 2.26. The lowest BCUT2D eigenvalue weighted by Crippen LogP contribution is -2.34. The predicted molar refractivity (Wildman–Crippen MR) is 105 cm³/mol. The second-order valence-electron chi connectivity index (χ2n) is 7.26. The number of alkyl halides is 3. The summed E-state index contributed by atoms with van der Waals surface area (Å²) in [6.07, 6.45) is -0.168. The smallest absolute Gasteiger partial charge is 0.490 e. The van der Waals surface area contributed by atoms with Crippen molar-refractivity contribution in [3.63, 3.8) is 0 Å². The number of aliphatic carboxylic acids is 1. The lowest BCUT2D eigenvalue weighted by atomic mass is 9.88. The van der Waals surface area contributed by atoms with Crippen molar-refractivity contribution in [1.29, 1.82) is 0 Å². The standard InChI is InChI=1S/C19H21N3O2.C2HF3O2/c1-12-2-7-18(24-12)19-15(11-21-22-19)10-20-16-5-3-14-9-17(23)6-4-13(14)8-16;3-2(4,5)1(6)7/h2,4,6-7,9,11,16,20,23H,3,5,8,10H2,1H3,(H,21,22);(H,6,7). The third kappa shape index (κ3) is 5.88. The quantitative estimate of drug-likeness (QED) is 0.492. The molecule has 3 aromatic rings. The molecule has 0 amide bonds. The molecule has 0 fully saturated rings. The van der Waals surface area contributed by atoms with Crippen LogP contribution in [0.3, 0.4) is 0 Å². The van der Waals surface area contributed by atoms with E-state index in [2.05, 4.69) is 15.5 Å². The molecule has 31 heavy (non-hydrogen) atoms. The molecule has 0 radical (unpaired) electrons. The van der Waals surface area contributed by atoms with Crippen LogP contribution in [0.4, 0.5) is 13.2 Å². The van der Waals surface area contributed by atoms with Gasteiger partial charge in [0, 0.05) is 18.2 Å². The van der Waals surface area contributed by atoms with E-state index >= 15 is 0 Å². The third-order valence-electron chi connectivity index (χ3n) is 4.95. The van der Waals surface area contributed by atoms with Gasteiger partial charge < -0.3 is 19.9 Å². The average Bonchev–Trinajstić information content (AvgIpc) is 3.34. The minimum atomic E-state index is -5.08. The number of halogens is 3. The summed E-state index contributed by atoms with van der Waals surface area (Å²) in [6, 6.07) is 10.1. The van der Waals surface area contributed by atoms with Gasteiger partial charge in [-0.15, -0.1) is 0 Å². The van der Waals surface area contributed by atoms with Crippen molar-refractivity contribution in [2.24, 2.45) is 0 Å². The fourth-order valence-corrected chi connectivity index (χ4v) is 3.40. The van der Waals surface area contributed by atoms with Crippen molar-refractivity contribution in [2.75, 3.05) is 0 Å². The molecule has 166 valence electrons. The van der Waals surface area contributed by atoms with Crippen molar-refractivity contribution in [2.45, 2.75) is 44.9 Å². The van der Waals surface area contributed by atoms with Crippen LogP contribution in [0, 0.1) is 6.92 Å². The summed E-state index contributed by atoms with van der Waals surface area (Å²) in [6.45, 7) is 2.69. The van der Waals surface area contributed by atoms with Gasteiger partial charge >= 0.3 is 12.1 Å². The van der Waals surface area contributed by atoms with E-state index in [9.17, 15) is 18.3 Å². The van der Waals surface area contributed by atoms with Gasteiger partial charge in [-0.1, -0.05) is 6.07 Å². The molecule has 1 unspecified atom stereocenters. The Morgan fingerprint density at radius 2 is 2.03 bits per heavy atom. The molecule has 1 aromatic carbocycles. The van der Waals surface area contributed by atoms with Crippen molar-refractivity contribution in [3.05, 3.63) is 59.0 Å². The van der Waals surface area contributed by atoms with E-state index in [-0.39, 0.29) is 0 Å². The van der Waals surface area contributed by atoms with Crippen molar-refractivity contribution in [1.82, 2.24) is 15.5 Å². The Bertz CT molecular complexity index is 1040. The fraction of sp³-hybridized carbons (Fsp3) is 0.333. The lowest BCUT2D eigenvalue weighted by molar-refractivity contribution is -0.192. The van der Waals surface area contributed by atoms with Crippen molar-refractivity contribution < 1.29 is 32.6 Å². The number of phenols is 1. The highest BCUT2D eigenvalue weighted by atomic mass is 19.4. The zero-order valence-corrected chi connectivity index (χ0v) is 16.7.